The van der Waals surface area contributed by atoms with Crippen molar-refractivity contribution in [2.24, 2.45) is 7.05 Å². The van der Waals surface area contributed by atoms with E-state index in [2.05, 4.69) is 20.7 Å². The van der Waals surface area contributed by atoms with E-state index in [9.17, 15) is 14.4 Å². The molecular formula is C10H15N5O4. The van der Waals surface area contributed by atoms with Gasteiger partial charge in [0.25, 0.3) is 0 Å². The quantitative estimate of drug-likeness (QED) is 0.632. The molecule has 1 aromatic heterocycles. The Kier molecular flexibility index (Phi) is 5.45. The minimum Gasteiger partial charge on any atom is -0.481 e. The van der Waals surface area contributed by atoms with Gasteiger partial charge in [-0.3, -0.25) is 19.6 Å². The summed E-state index contributed by atoms with van der Waals surface area (Å²) in [5.74, 6) is -1.07. The standard InChI is InChI=1S/C10H15N5O4/c1-15-6-12-7(14-15)5-11-10(19)13-8(16)3-2-4-9(17)18/h6H,2-5H2,1H3,(H,17,18)(H2,11,13,16,19). The van der Waals surface area contributed by atoms with Crippen LogP contribution in [0.15, 0.2) is 6.33 Å². The second-order valence-electron chi connectivity index (χ2n) is 3.81. The molecule has 0 aliphatic rings. The minimum absolute atomic E-state index is 0.0123. The van der Waals surface area contributed by atoms with Crippen LogP contribution in [0.25, 0.3) is 0 Å². The van der Waals surface area contributed by atoms with Crippen LogP contribution in [0.1, 0.15) is 25.1 Å². The number of nitrogens with zero attached hydrogens (tertiary/aromatic N) is 3. The first-order chi connectivity index (χ1) is 8.97. The molecule has 9 heteroatoms. The van der Waals surface area contributed by atoms with E-state index < -0.39 is 17.9 Å². The molecule has 3 N–H and O–H groups in total. The fraction of sp³-hybridized carbons (Fsp3) is 0.500. The summed E-state index contributed by atoms with van der Waals surface area (Å²) in [5, 5.41) is 16.8. The average Bonchev–Trinajstić information content (AvgIpc) is 2.72. The molecule has 0 saturated heterocycles. The number of aromatic nitrogens is 3. The van der Waals surface area contributed by atoms with Crippen LogP contribution in [0, 0.1) is 0 Å². The van der Waals surface area contributed by atoms with Gasteiger partial charge in [-0.05, 0) is 6.42 Å². The highest BCUT2D eigenvalue weighted by atomic mass is 16.4. The van der Waals surface area contributed by atoms with Gasteiger partial charge in [0.15, 0.2) is 5.82 Å². The SMILES string of the molecule is Cn1cnc(CNC(=O)NC(=O)CCCC(=O)O)n1. The van der Waals surface area contributed by atoms with Crippen LogP contribution >= 0.6 is 0 Å². The predicted molar refractivity (Wildman–Crippen MR) is 62.9 cm³/mol. The van der Waals surface area contributed by atoms with Crippen molar-refractivity contribution in [3.05, 3.63) is 12.2 Å². The summed E-state index contributed by atoms with van der Waals surface area (Å²) in [6.45, 7) is 0.106. The summed E-state index contributed by atoms with van der Waals surface area (Å²) < 4.78 is 1.49. The molecule has 0 aliphatic heterocycles. The summed E-state index contributed by atoms with van der Waals surface area (Å²) in [5.41, 5.74) is 0. The zero-order chi connectivity index (χ0) is 14.3. The second kappa shape index (κ2) is 7.09. The van der Waals surface area contributed by atoms with Gasteiger partial charge in [-0.25, -0.2) is 9.78 Å². The first kappa shape index (κ1) is 14.6. The van der Waals surface area contributed by atoms with Crippen molar-refractivity contribution in [1.29, 1.82) is 0 Å². The number of carbonyl (C=O) groups excluding carboxylic acids is 2. The zero-order valence-electron chi connectivity index (χ0n) is 10.4. The van der Waals surface area contributed by atoms with E-state index in [1.165, 1.54) is 11.0 Å². The van der Waals surface area contributed by atoms with Gasteiger partial charge in [-0.2, -0.15) is 5.10 Å². The van der Waals surface area contributed by atoms with Crippen LogP contribution in [0.4, 0.5) is 4.79 Å². The summed E-state index contributed by atoms with van der Waals surface area (Å²) in [4.78, 5) is 36.7. The smallest absolute Gasteiger partial charge is 0.321 e. The summed E-state index contributed by atoms with van der Waals surface area (Å²) >= 11 is 0. The molecule has 0 unspecified atom stereocenters. The van der Waals surface area contributed by atoms with Crippen molar-refractivity contribution in [3.63, 3.8) is 0 Å². The van der Waals surface area contributed by atoms with Crippen LogP contribution in [-0.2, 0) is 23.2 Å². The number of hydrogen-bond acceptors (Lipinski definition) is 5. The molecule has 1 rings (SSSR count). The van der Waals surface area contributed by atoms with Crippen LogP contribution < -0.4 is 10.6 Å². The van der Waals surface area contributed by atoms with Gasteiger partial charge in [-0.1, -0.05) is 0 Å². The number of carboxylic acids is 1. The Morgan fingerprint density at radius 2 is 2.11 bits per heavy atom. The number of hydrogen-bond donors (Lipinski definition) is 3. The van der Waals surface area contributed by atoms with E-state index in [1.807, 2.05) is 0 Å². The first-order valence-electron chi connectivity index (χ1n) is 5.61. The molecule has 104 valence electrons. The molecule has 0 spiro atoms. The summed E-state index contributed by atoms with van der Waals surface area (Å²) in [6.07, 6.45) is 1.57. The summed E-state index contributed by atoms with van der Waals surface area (Å²) in [6, 6.07) is -0.659. The predicted octanol–water partition coefficient (Wildman–Crippen LogP) is -0.604. The van der Waals surface area contributed by atoms with Crippen molar-refractivity contribution in [3.8, 4) is 0 Å². The van der Waals surface area contributed by atoms with Crippen LogP contribution in [0.5, 0.6) is 0 Å². The van der Waals surface area contributed by atoms with Gasteiger partial charge in [0.05, 0.1) is 6.54 Å². The zero-order valence-corrected chi connectivity index (χ0v) is 10.4. The molecule has 19 heavy (non-hydrogen) atoms. The van der Waals surface area contributed by atoms with Crippen LogP contribution in [0.2, 0.25) is 0 Å². The van der Waals surface area contributed by atoms with Crippen LogP contribution in [-0.4, -0.2) is 37.8 Å². The highest BCUT2D eigenvalue weighted by Crippen LogP contribution is 1.95. The number of nitrogens with one attached hydrogen (secondary N) is 2. The molecular weight excluding hydrogens is 254 g/mol. The maximum absolute atomic E-state index is 11.3. The molecule has 0 aliphatic carbocycles. The lowest BCUT2D eigenvalue weighted by Crippen LogP contribution is -2.39. The van der Waals surface area contributed by atoms with E-state index in [4.69, 9.17) is 5.11 Å². The van der Waals surface area contributed by atoms with Gasteiger partial charge in [0.2, 0.25) is 5.91 Å². The number of urea groups is 1. The Labute approximate surface area is 109 Å². The number of imide groups is 1. The van der Waals surface area contributed by atoms with Gasteiger partial charge in [-0.15, -0.1) is 0 Å². The molecule has 9 nitrogen and oxygen atoms in total. The minimum atomic E-state index is -0.974. The lowest BCUT2D eigenvalue weighted by Gasteiger charge is -2.04. The Bertz CT molecular complexity index is 470. The lowest BCUT2D eigenvalue weighted by molar-refractivity contribution is -0.137. The normalized spacial score (nSPS) is 9.95. The molecule has 0 radical (unpaired) electrons. The Hall–Kier alpha value is -2.45. The number of aliphatic carboxylic acids is 1. The summed E-state index contributed by atoms with van der Waals surface area (Å²) in [7, 11) is 1.70. The van der Waals surface area contributed by atoms with Crippen molar-refractivity contribution in [2.75, 3.05) is 0 Å². The van der Waals surface area contributed by atoms with Gasteiger partial charge in [0.1, 0.15) is 6.33 Å². The van der Waals surface area contributed by atoms with Crippen molar-refractivity contribution < 1.29 is 19.5 Å². The number of aryl methyl sites for hydroxylation is 1. The highest BCUT2D eigenvalue weighted by Gasteiger charge is 2.09. The first-order valence-corrected chi connectivity index (χ1v) is 5.61. The molecule has 3 amide bonds. The van der Waals surface area contributed by atoms with Gasteiger partial charge in [0, 0.05) is 19.9 Å². The van der Waals surface area contributed by atoms with E-state index in [0.29, 0.717) is 5.82 Å². The van der Waals surface area contributed by atoms with Crippen LogP contribution in [0.3, 0.4) is 0 Å². The Balaban J connectivity index is 2.19. The maximum Gasteiger partial charge on any atom is 0.321 e. The number of amides is 3. The van der Waals surface area contributed by atoms with Gasteiger partial charge < -0.3 is 10.4 Å². The monoisotopic (exact) mass is 269 g/mol. The molecule has 0 atom stereocenters. The molecule has 0 aromatic carbocycles. The molecule has 0 fully saturated rings. The lowest BCUT2D eigenvalue weighted by atomic mass is 10.2. The van der Waals surface area contributed by atoms with E-state index in [-0.39, 0.29) is 25.8 Å². The Morgan fingerprint density at radius 1 is 1.37 bits per heavy atom. The second-order valence-corrected chi connectivity index (χ2v) is 3.81. The molecule has 1 aromatic rings. The number of carbonyl (C=O) groups is 3. The molecule has 0 bridgehead atoms. The van der Waals surface area contributed by atoms with Crippen molar-refractivity contribution >= 4 is 17.9 Å². The van der Waals surface area contributed by atoms with Crippen molar-refractivity contribution in [2.45, 2.75) is 25.8 Å². The third kappa shape index (κ3) is 6.15. The maximum atomic E-state index is 11.3. The largest absolute Gasteiger partial charge is 0.481 e. The van der Waals surface area contributed by atoms with E-state index in [1.54, 1.807) is 7.05 Å². The highest BCUT2D eigenvalue weighted by molar-refractivity contribution is 5.94. The topological polar surface area (TPSA) is 126 Å². The van der Waals surface area contributed by atoms with E-state index in [0.717, 1.165) is 0 Å². The third-order valence-corrected chi connectivity index (χ3v) is 2.10. The average molecular weight is 269 g/mol. The Morgan fingerprint density at radius 3 is 2.68 bits per heavy atom. The molecule has 0 saturated carbocycles. The van der Waals surface area contributed by atoms with Crippen molar-refractivity contribution in [1.82, 2.24) is 25.4 Å². The number of rotatable bonds is 6. The fourth-order valence-electron chi connectivity index (χ4n) is 1.26. The fourth-order valence-corrected chi connectivity index (χ4v) is 1.26. The third-order valence-electron chi connectivity index (χ3n) is 2.10. The van der Waals surface area contributed by atoms with E-state index >= 15 is 0 Å². The number of carboxylic acid groups (broad SMARTS) is 1. The van der Waals surface area contributed by atoms with Gasteiger partial charge >= 0.3 is 12.0 Å². The molecule has 1 heterocycles.